The minimum Gasteiger partial charge on any atom is -0.355 e. The van der Waals surface area contributed by atoms with E-state index in [1.54, 1.807) is 0 Å². The molecule has 0 bridgehead atoms. The Kier molecular flexibility index (Phi) is 5.15. The van der Waals surface area contributed by atoms with Gasteiger partial charge in [-0.25, -0.2) is 4.98 Å². The van der Waals surface area contributed by atoms with Crippen LogP contribution < -0.4 is 10.2 Å². The van der Waals surface area contributed by atoms with Gasteiger partial charge in [0, 0.05) is 24.8 Å². The number of nitrogens with one attached hydrogen (secondary N) is 1. The van der Waals surface area contributed by atoms with Crippen molar-refractivity contribution in [2.45, 2.75) is 53.1 Å². The number of aryl methyl sites for hydroxylation is 1. The van der Waals surface area contributed by atoms with Crippen molar-refractivity contribution in [2.75, 3.05) is 18.5 Å². The molecular formula is C15H27N3. The Balaban J connectivity index is 2.90. The van der Waals surface area contributed by atoms with Gasteiger partial charge in [-0.15, -0.1) is 0 Å². The minimum atomic E-state index is 0.141. The summed E-state index contributed by atoms with van der Waals surface area (Å²) in [5.74, 6) is 1.06. The van der Waals surface area contributed by atoms with Crippen LogP contribution >= 0.6 is 0 Å². The average molecular weight is 249 g/mol. The van der Waals surface area contributed by atoms with Crippen molar-refractivity contribution in [3.05, 3.63) is 23.4 Å². The summed E-state index contributed by atoms with van der Waals surface area (Å²) in [6, 6.07) is 4.31. The Labute approximate surface area is 112 Å². The fraction of sp³-hybridized carbons (Fsp3) is 0.667. The molecule has 0 unspecified atom stereocenters. The zero-order valence-electron chi connectivity index (χ0n) is 12.7. The van der Waals surface area contributed by atoms with Crippen molar-refractivity contribution >= 4 is 5.82 Å². The molecule has 0 aliphatic rings. The van der Waals surface area contributed by atoms with Crippen LogP contribution in [-0.4, -0.2) is 24.1 Å². The molecule has 0 spiro atoms. The molecular weight excluding hydrogens is 222 g/mol. The van der Waals surface area contributed by atoms with Gasteiger partial charge in [0.05, 0.1) is 0 Å². The lowest BCUT2D eigenvalue weighted by Crippen LogP contribution is -2.41. The molecule has 0 aliphatic carbocycles. The van der Waals surface area contributed by atoms with Crippen LogP contribution in [0.25, 0.3) is 0 Å². The van der Waals surface area contributed by atoms with Gasteiger partial charge in [-0.1, -0.05) is 19.9 Å². The van der Waals surface area contributed by atoms with Gasteiger partial charge in [0.25, 0.3) is 0 Å². The van der Waals surface area contributed by atoms with Gasteiger partial charge in [0.15, 0.2) is 0 Å². The predicted octanol–water partition coefficient (Wildman–Crippen LogP) is 3.12. The van der Waals surface area contributed by atoms with E-state index < -0.39 is 0 Å². The van der Waals surface area contributed by atoms with Crippen molar-refractivity contribution in [1.29, 1.82) is 0 Å². The molecule has 0 amide bonds. The molecule has 0 saturated carbocycles. The smallest absolute Gasteiger partial charge is 0.128 e. The summed E-state index contributed by atoms with van der Waals surface area (Å²) in [4.78, 5) is 6.99. The lowest BCUT2D eigenvalue weighted by atomic mass is 10.00. The number of aromatic nitrogens is 1. The Morgan fingerprint density at radius 2 is 1.94 bits per heavy atom. The fourth-order valence-electron chi connectivity index (χ4n) is 1.76. The first-order valence-electron chi connectivity index (χ1n) is 6.83. The van der Waals surface area contributed by atoms with Crippen molar-refractivity contribution < 1.29 is 0 Å². The fourth-order valence-corrected chi connectivity index (χ4v) is 1.76. The first-order valence-corrected chi connectivity index (χ1v) is 6.83. The molecule has 0 atom stereocenters. The van der Waals surface area contributed by atoms with Crippen LogP contribution in [0.5, 0.6) is 0 Å². The van der Waals surface area contributed by atoms with Crippen LogP contribution in [0.1, 0.15) is 45.4 Å². The van der Waals surface area contributed by atoms with Crippen LogP contribution in [0.2, 0.25) is 0 Å². The summed E-state index contributed by atoms with van der Waals surface area (Å²) < 4.78 is 0. The average Bonchev–Trinajstić information content (AvgIpc) is 2.36. The second-order valence-corrected chi connectivity index (χ2v) is 5.42. The molecule has 0 aromatic carbocycles. The van der Waals surface area contributed by atoms with Gasteiger partial charge in [-0.3, -0.25) is 0 Å². The van der Waals surface area contributed by atoms with Crippen molar-refractivity contribution in [1.82, 2.24) is 10.3 Å². The van der Waals surface area contributed by atoms with E-state index in [0.717, 1.165) is 31.0 Å². The maximum Gasteiger partial charge on any atom is 0.128 e. The first kappa shape index (κ1) is 15.0. The van der Waals surface area contributed by atoms with Gasteiger partial charge < -0.3 is 10.2 Å². The number of rotatable bonds is 6. The molecule has 0 fully saturated rings. The van der Waals surface area contributed by atoms with E-state index in [-0.39, 0.29) is 5.54 Å². The monoisotopic (exact) mass is 249 g/mol. The minimum absolute atomic E-state index is 0.141. The zero-order chi connectivity index (χ0) is 13.8. The Hall–Kier alpha value is -1.09. The van der Waals surface area contributed by atoms with E-state index in [0.29, 0.717) is 0 Å². The molecule has 1 aromatic heterocycles. The molecule has 3 heteroatoms. The summed E-state index contributed by atoms with van der Waals surface area (Å²) in [7, 11) is 2.12. The number of hydrogen-bond donors (Lipinski definition) is 1. The molecule has 1 N–H and O–H groups in total. The van der Waals surface area contributed by atoms with Crippen LogP contribution in [0.4, 0.5) is 5.82 Å². The van der Waals surface area contributed by atoms with E-state index in [1.165, 1.54) is 5.56 Å². The highest BCUT2D eigenvalue weighted by Crippen LogP contribution is 2.23. The third-order valence-corrected chi connectivity index (χ3v) is 3.86. The Morgan fingerprint density at radius 3 is 2.44 bits per heavy atom. The SMILES string of the molecule is CCNCc1ccc(N(C)C(C)(C)CC)nc1C. The molecule has 1 aromatic rings. The lowest BCUT2D eigenvalue weighted by molar-refractivity contribution is 0.467. The molecule has 102 valence electrons. The highest BCUT2D eigenvalue weighted by molar-refractivity contribution is 5.43. The normalized spacial score (nSPS) is 11.7. The number of hydrogen-bond acceptors (Lipinski definition) is 3. The molecule has 0 aliphatic heterocycles. The van der Waals surface area contributed by atoms with E-state index in [9.17, 15) is 0 Å². The summed E-state index contributed by atoms with van der Waals surface area (Å²) >= 11 is 0. The summed E-state index contributed by atoms with van der Waals surface area (Å²) in [6.45, 7) is 12.8. The van der Waals surface area contributed by atoms with Crippen molar-refractivity contribution in [3.63, 3.8) is 0 Å². The second kappa shape index (κ2) is 6.19. The van der Waals surface area contributed by atoms with Gasteiger partial charge in [-0.05, 0) is 45.4 Å². The molecule has 18 heavy (non-hydrogen) atoms. The third-order valence-electron chi connectivity index (χ3n) is 3.86. The molecule has 1 rings (SSSR count). The zero-order valence-corrected chi connectivity index (χ0v) is 12.7. The van der Waals surface area contributed by atoms with Gasteiger partial charge in [0.2, 0.25) is 0 Å². The summed E-state index contributed by atoms with van der Waals surface area (Å²) in [5, 5.41) is 3.34. The van der Waals surface area contributed by atoms with Crippen LogP contribution in [0, 0.1) is 6.92 Å². The van der Waals surface area contributed by atoms with Crippen molar-refractivity contribution in [3.8, 4) is 0 Å². The van der Waals surface area contributed by atoms with E-state index in [1.807, 2.05) is 0 Å². The lowest BCUT2D eigenvalue weighted by Gasteiger charge is -2.36. The quantitative estimate of drug-likeness (QED) is 0.839. The highest BCUT2D eigenvalue weighted by atomic mass is 15.2. The van der Waals surface area contributed by atoms with Crippen LogP contribution in [-0.2, 0) is 6.54 Å². The standard InChI is InChI=1S/C15H27N3/c1-7-15(4,5)18(6)14-10-9-13(11-16-8-2)12(3)17-14/h9-10,16H,7-8,11H2,1-6H3. The second-order valence-electron chi connectivity index (χ2n) is 5.42. The molecule has 0 saturated heterocycles. The Morgan fingerprint density at radius 1 is 1.28 bits per heavy atom. The van der Waals surface area contributed by atoms with Crippen LogP contribution in [0.15, 0.2) is 12.1 Å². The van der Waals surface area contributed by atoms with Gasteiger partial charge >= 0.3 is 0 Å². The topological polar surface area (TPSA) is 28.2 Å². The Bertz CT molecular complexity index is 385. The predicted molar refractivity (Wildman–Crippen MR) is 79.1 cm³/mol. The largest absolute Gasteiger partial charge is 0.355 e. The van der Waals surface area contributed by atoms with Gasteiger partial charge in [-0.2, -0.15) is 0 Å². The van der Waals surface area contributed by atoms with E-state index in [2.05, 4.69) is 64.0 Å². The first-order chi connectivity index (χ1) is 8.42. The number of nitrogens with zero attached hydrogens (tertiary/aromatic N) is 2. The number of pyridine rings is 1. The van der Waals surface area contributed by atoms with Crippen LogP contribution in [0.3, 0.4) is 0 Å². The van der Waals surface area contributed by atoms with Gasteiger partial charge in [0.1, 0.15) is 5.82 Å². The number of anilines is 1. The van der Waals surface area contributed by atoms with E-state index in [4.69, 9.17) is 4.98 Å². The summed E-state index contributed by atoms with van der Waals surface area (Å²) in [6.07, 6.45) is 1.10. The third kappa shape index (κ3) is 3.45. The highest BCUT2D eigenvalue weighted by Gasteiger charge is 2.22. The van der Waals surface area contributed by atoms with Crippen molar-refractivity contribution in [2.24, 2.45) is 0 Å². The molecule has 3 nitrogen and oxygen atoms in total. The maximum absolute atomic E-state index is 4.73. The molecule has 0 radical (unpaired) electrons. The summed E-state index contributed by atoms with van der Waals surface area (Å²) in [5.41, 5.74) is 2.54. The van der Waals surface area contributed by atoms with E-state index >= 15 is 0 Å². The maximum atomic E-state index is 4.73. The molecule has 1 heterocycles.